The van der Waals surface area contributed by atoms with Crippen LogP contribution in [0.5, 0.6) is 0 Å². The average molecular weight is 1140 g/mol. The van der Waals surface area contributed by atoms with Gasteiger partial charge in [-0.05, 0) is 109 Å². The summed E-state index contributed by atoms with van der Waals surface area (Å²) in [6.45, 7) is 4.63. The third-order valence-corrected chi connectivity index (χ3v) is 14.8. The molecule has 0 aliphatic heterocycles. The number of nitrogens with one attached hydrogen (secondary N) is 1. The topological polar surface area (TPSA) is 105 Å². The molecule has 9 heteroatoms. The van der Waals surface area contributed by atoms with Crippen LogP contribution < -0.4 is 5.32 Å². The first-order valence-corrected chi connectivity index (χ1v) is 34.2. The summed E-state index contributed by atoms with van der Waals surface area (Å²) < 4.78 is 23.7. The van der Waals surface area contributed by atoms with Gasteiger partial charge in [-0.15, -0.1) is 0 Å². The van der Waals surface area contributed by atoms with Crippen LogP contribution in [0, 0.1) is 0 Å². The summed E-state index contributed by atoms with van der Waals surface area (Å²) in [4.78, 5) is 23.3. The number of nitrogens with zero attached hydrogens (tertiary/aromatic N) is 1. The number of phosphoric ester groups is 1. The standard InChI is InChI=1S/C72H123N2O6P/c1-6-8-10-12-14-16-18-20-22-24-26-28-30-32-34-36-38-39-41-43-45-47-49-51-53-55-57-59-61-63-65-71(75)70(69-80-81(77,78)79-68-67-74(3,4)5)73-72(76)66-64-62-60-58-56-54-52-50-48-46-44-42-40-37-35-33-31-29-27-25-23-21-19-17-15-13-11-9-7-2/h9,11,15,17,21,23,27,29,33,35,40,42,46-49,52,54-55,57-58,60,63,65,70-71,75H,6-8,10,12-14,16,18-20,22,24-26,28,30-32,34,36-39,41,43-45,50-51,53,56,59,61-62,64,66-69H2,1-5H3,(H-,73,76,77,78)/p+1/b11-9-,17-15-,23-21-,29-27-,35-33-,42-40-,48-46-,49-47+,54-52-,57-55+,60-58-,65-63+. The zero-order chi connectivity index (χ0) is 59.1. The molecule has 0 aromatic rings. The first-order valence-electron chi connectivity index (χ1n) is 32.7. The third kappa shape index (κ3) is 63.8. The van der Waals surface area contributed by atoms with Crippen LogP contribution in [0.2, 0.25) is 0 Å². The van der Waals surface area contributed by atoms with E-state index in [0.717, 1.165) is 89.9 Å². The molecule has 462 valence electrons. The van der Waals surface area contributed by atoms with Gasteiger partial charge in [0.15, 0.2) is 0 Å². The molecule has 0 fully saturated rings. The second-order valence-corrected chi connectivity index (χ2v) is 24.2. The van der Waals surface area contributed by atoms with Gasteiger partial charge in [-0.25, -0.2) is 4.57 Å². The van der Waals surface area contributed by atoms with E-state index in [2.05, 4.69) is 153 Å². The van der Waals surface area contributed by atoms with Gasteiger partial charge in [-0.1, -0.05) is 282 Å². The summed E-state index contributed by atoms with van der Waals surface area (Å²) in [5.74, 6) is -0.253. The molecule has 0 aromatic heterocycles. The number of hydrogen-bond donors (Lipinski definition) is 3. The van der Waals surface area contributed by atoms with Crippen molar-refractivity contribution >= 4 is 13.7 Å². The molecular weight excluding hydrogens is 1020 g/mol. The summed E-state index contributed by atoms with van der Waals surface area (Å²) >= 11 is 0. The SMILES string of the molecule is CC/C=C\C/C=C\C/C=C\C/C=C\C/C=C\C/C=C\C/C=C\C/C=C\C/C=C\CCCC(=O)NC(COP(=O)(O)OCC[N+](C)(C)C)C(O)/C=C/CC/C=C/CC/C=C/CCCCCCCCCCCCCCCCCCCCCC. The molecule has 3 N–H and O–H groups in total. The number of carbonyl (C=O) groups excluding carboxylic acids is 1. The van der Waals surface area contributed by atoms with Crippen LogP contribution in [0.1, 0.15) is 251 Å². The molecule has 0 radical (unpaired) electrons. The van der Waals surface area contributed by atoms with E-state index in [1.165, 1.54) is 135 Å². The van der Waals surface area contributed by atoms with E-state index in [-0.39, 0.29) is 25.5 Å². The maximum atomic E-state index is 13.0. The molecule has 0 bridgehead atoms. The number of amides is 1. The minimum Gasteiger partial charge on any atom is -0.387 e. The summed E-state index contributed by atoms with van der Waals surface area (Å²) in [6, 6.07) is -0.914. The summed E-state index contributed by atoms with van der Waals surface area (Å²) in [7, 11) is 1.49. The Kier molecular flexibility index (Phi) is 58.2. The Labute approximate surface area is 499 Å². The molecule has 81 heavy (non-hydrogen) atoms. The molecular formula is C72H124N2O6P+. The van der Waals surface area contributed by atoms with Crippen molar-refractivity contribution in [3.8, 4) is 0 Å². The molecule has 0 spiro atoms. The molecule has 0 aliphatic carbocycles. The predicted octanol–water partition coefficient (Wildman–Crippen LogP) is 20.8. The highest BCUT2D eigenvalue weighted by Crippen LogP contribution is 2.43. The molecule has 0 heterocycles. The van der Waals surface area contributed by atoms with Gasteiger partial charge in [0.2, 0.25) is 5.91 Å². The Hall–Kier alpha value is -3.62. The molecule has 8 nitrogen and oxygen atoms in total. The highest BCUT2D eigenvalue weighted by molar-refractivity contribution is 7.47. The molecule has 0 rings (SSSR count). The minimum absolute atomic E-state index is 0.0340. The lowest BCUT2D eigenvalue weighted by Gasteiger charge is -2.25. The number of carbonyl (C=O) groups is 1. The maximum absolute atomic E-state index is 13.0. The molecule has 3 unspecified atom stereocenters. The van der Waals surface area contributed by atoms with E-state index < -0.39 is 20.0 Å². The molecule has 0 aliphatic rings. The average Bonchev–Trinajstić information content (AvgIpc) is 3.43. The highest BCUT2D eigenvalue weighted by atomic mass is 31.2. The number of phosphoric acid groups is 1. The Bertz CT molecular complexity index is 1830. The van der Waals surface area contributed by atoms with Crippen molar-refractivity contribution in [3.05, 3.63) is 146 Å². The highest BCUT2D eigenvalue weighted by Gasteiger charge is 2.27. The fraction of sp³-hybridized carbons (Fsp3) is 0.653. The van der Waals surface area contributed by atoms with Crippen LogP contribution in [-0.4, -0.2) is 73.4 Å². The van der Waals surface area contributed by atoms with Crippen molar-refractivity contribution in [1.82, 2.24) is 5.32 Å². The van der Waals surface area contributed by atoms with Crippen molar-refractivity contribution in [2.75, 3.05) is 40.9 Å². The Balaban J connectivity index is 4.35. The molecule has 0 saturated carbocycles. The Morgan fingerprint density at radius 3 is 1.14 bits per heavy atom. The van der Waals surface area contributed by atoms with E-state index in [1.54, 1.807) is 6.08 Å². The van der Waals surface area contributed by atoms with Crippen molar-refractivity contribution in [1.29, 1.82) is 0 Å². The van der Waals surface area contributed by atoms with Gasteiger partial charge in [-0.2, -0.15) is 0 Å². The molecule has 1 amide bonds. The normalized spacial score (nSPS) is 14.7. The van der Waals surface area contributed by atoms with E-state index in [0.29, 0.717) is 17.4 Å². The van der Waals surface area contributed by atoms with Gasteiger partial charge in [0, 0.05) is 6.42 Å². The fourth-order valence-corrected chi connectivity index (χ4v) is 9.46. The van der Waals surface area contributed by atoms with E-state index in [4.69, 9.17) is 9.05 Å². The smallest absolute Gasteiger partial charge is 0.387 e. The zero-order valence-corrected chi connectivity index (χ0v) is 53.6. The van der Waals surface area contributed by atoms with Crippen LogP contribution >= 0.6 is 7.82 Å². The van der Waals surface area contributed by atoms with Gasteiger partial charge in [-0.3, -0.25) is 13.8 Å². The molecule has 3 atom stereocenters. The first kappa shape index (κ1) is 77.4. The van der Waals surface area contributed by atoms with Gasteiger partial charge < -0.3 is 19.8 Å². The lowest BCUT2D eigenvalue weighted by atomic mass is 10.0. The number of likely N-dealkylation sites (N-methyl/N-ethyl adjacent to an activating group) is 1. The predicted molar refractivity (Wildman–Crippen MR) is 354 cm³/mol. The number of unbranched alkanes of at least 4 members (excludes halogenated alkanes) is 23. The van der Waals surface area contributed by atoms with Crippen molar-refractivity contribution in [2.24, 2.45) is 0 Å². The minimum atomic E-state index is -4.39. The second kappa shape index (κ2) is 61.0. The quantitative estimate of drug-likeness (QED) is 0.0243. The fourth-order valence-electron chi connectivity index (χ4n) is 8.72. The van der Waals surface area contributed by atoms with E-state index in [1.807, 2.05) is 27.2 Å². The number of rotatable bonds is 58. The Morgan fingerprint density at radius 1 is 0.432 bits per heavy atom. The Morgan fingerprint density at radius 2 is 0.753 bits per heavy atom. The first-order chi connectivity index (χ1) is 39.5. The van der Waals surface area contributed by atoms with Crippen LogP contribution in [0.15, 0.2) is 146 Å². The van der Waals surface area contributed by atoms with Crippen molar-refractivity contribution in [3.63, 3.8) is 0 Å². The lowest BCUT2D eigenvalue weighted by molar-refractivity contribution is -0.870. The number of aliphatic hydroxyl groups excluding tert-OH is 1. The zero-order valence-electron chi connectivity index (χ0n) is 52.7. The lowest BCUT2D eigenvalue weighted by Crippen LogP contribution is -2.45. The largest absolute Gasteiger partial charge is 0.472 e. The van der Waals surface area contributed by atoms with Gasteiger partial charge in [0.25, 0.3) is 0 Å². The summed E-state index contributed by atoms with van der Waals surface area (Å²) in [5, 5.41) is 13.9. The second-order valence-electron chi connectivity index (χ2n) is 22.7. The van der Waals surface area contributed by atoms with Gasteiger partial charge in [0.05, 0.1) is 39.9 Å². The summed E-state index contributed by atoms with van der Waals surface area (Å²) in [6.07, 6.45) is 94.2. The van der Waals surface area contributed by atoms with Gasteiger partial charge >= 0.3 is 7.82 Å². The van der Waals surface area contributed by atoms with Gasteiger partial charge in [0.1, 0.15) is 13.2 Å². The van der Waals surface area contributed by atoms with Crippen molar-refractivity contribution < 1.29 is 32.9 Å². The third-order valence-electron chi connectivity index (χ3n) is 13.8. The number of quaternary nitrogens is 1. The number of allylic oxidation sites excluding steroid dienone is 23. The number of aliphatic hydroxyl groups is 1. The maximum Gasteiger partial charge on any atom is 0.472 e. The van der Waals surface area contributed by atoms with Crippen LogP contribution in [0.25, 0.3) is 0 Å². The van der Waals surface area contributed by atoms with Crippen LogP contribution in [-0.2, 0) is 18.4 Å². The molecule has 0 aromatic carbocycles. The van der Waals surface area contributed by atoms with Crippen molar-refractivity contribution in [2.45, 2.75) is 264 Å². The van der Waals surface area contributed by atoms with Crippen LogP contribution in [0.3, 0.4) is 0 Å². The van der Waals surface area contributed by atoms with Crippen LogP contribution in [0.4, 0.5) is 0 Å². The van der Waals surface area contributed by atoms with E-state index in [9.17, 15) is 19.4 Å². The summed E-state index contributed by atoms with van der Waals surface area (Å²) in [5.41, 5.74) is 0. The monoisotopic (exact) mass is 1140 g/mol. The number of hydrogen-bond acceptors (Lipinski definition) is 5. The van der Waals surface area contributed by atoms with E-state index >= 15 is 0 Å². The molecule has 0 saturated heterocycles.